The van der Waals surface area contributed by atoms with E-state index in [0.717, 1.165) is 11.5 Å². The minimum absolute atomic E-state index is 0.712. The molecule has 0 spiro atoms. The zero-order valence-electron chi connectivity index (χ0n) is 12.7. The van der Waals surface area contributed by atoms with Gasteiger partial charge < -0.3 is 9.47 Å². The number of hydrogen-bond acceptors (Lipinski definition) is 2. The van der Waals surface area contributed by atoms with Gasteiger partial charge in [-0.1, -0.05) is 36.4 Å². The molecule has 0 N–H and O–H groups in total. The maximum atomic E-state index is 5.59. The molecule has 2 aromatic rings. The first kappa shape index (κ1) is 15.4. The summed E-state index contributed by atoms with van der Waals surface area (Å²) in [6.07, 6.45) is 8.50. The molecule has 0 bridgehead atoms. The predicted octanol–water partition coefficient (Wildman–Crippen LogP) is 3.50. The van der Waals surface area contributed by atoms with Crippen LogP contribution in [0.4, 0.5) is 0 Å². The van der Waals surface area contributed by atoms with Crippen molar-refractivity contribution in [1.82, 2.24) is 0 Å². The van der Waals surface area contributed by atoms with Crippen molar-refractivity contribution < 1.29 is 9.47 Å². The van der Waals surface area contributed by atoms with E-state index in [0.29, 0.717) is 0 Å². The molecule has 0 aromatic heterocycles. The Labute approximate surface area is 134 Å². The van der Waals surface area contributed by atoms with Crippen LogP contribution in [0.1, 0.15) is 0 Å². The molecule has 1 saturated carbocycles. The van der Waals surface area contributed by atoms with Gasteiger partial charge in [-0.15, -0.1) is 0 Å². The molecule has 1 fully saturated rings. The van der Waals surface area contributed by atoms with E-state index in [-0.39, 0.29) is 0 Å². The summed E-state index contributed by atoms with van der Waals surface area (Å²) in [6.45, 7) is 0. The highest BCUT2D eigenvalue weighted by molar-refractivity contribution is 7.76. The van der Waals surface area contributed by atoms with Crippen LogP contribution in [0.5, 0.6) is 11.5 Å². The SMILES string of the molecule is COc1ccccc1P([C]1[CH][CH][CH][CH]1)c1ccccc1OC. The van der Waals surface area contributed by atoms with Crippen LogP contribution in [0.25, 0.3) is 0 Å². The highest BCUT2D eigenvalue weighted by atomic mass is 31.1. The molecule has 0 amide bonds. The molecule has 1 aliphatic carbocycles. The quantitative estimate of drug-likeness (QED) is 0.787. The summed E-state index contributed by atoms with van der Waals surface area (Å²) in [5, 5.41) is 2.41. The number of rotatable bonds is 5. The van der Waals surface area contributed by atoms with Gasteiger partial charge >= 0.3 is 0 Å². The zero-order valence-corrected chi connectivity index (χ0v) is 13.6. The highest BCUT2D eigenvalue weighted by Gasteiger charge is 2.32. The molecular formula is C19H18O2P. The molecule has 5 radical (unpaired) electrons. The first-order valence-corrected chi connectivity index (χ1v) is 8.47. The van der Waals surface area contributed by atoms with Crippen LogP contribution in [-0.4, -0.2) is 14.2 Å². The van der Waals surface area contributed by atoms with Crippen molar-refractivity contribution in [3.05, 3.63) is 79.9 Å². The normalized spacial score (nSPS) is 15.2. The highest BCUT2D eigenvalue weighted by Crippen LogP contribution is 2.54. The molecular weight excluding hydrogens is 291 g/mol. The predicted molar refractivity (Wildman–Crippen MR) is 92.6 cm³/mol. The molecule has 2 aromatic carbocycles. The van der Waals surface area contributed by atoms with Gasteiger partial charge in [0, 0.05) is 16.3 Å². The summed E-state index contributed by atoms with van der Waals surface area (Å²) in [6, 6.07) is 16.4. The van der Waals surface area contributed by atoms with Gasteiger partial charge in [0.2, 0.25) is 0 Å². The van der Waals surface area contributed by atoms with Crippen LogP contribution in [0, 0.1) is 31.3 Å². The minimum Gasteiger partial charge on any atom is -0.496 e. The molecule has 1 aliphatic rings. The molecule has 3 heteroatoms. The molecule has 3 rings (SSSR count). The second-order valence-electron chi connectivity index (χ2n) is 4.82. The topological polar surface area (TPSA) is 18.5 Å². The summed E-state index contributed by atoms with van der Waals surface area (Å²) in [5.74, 6) is 1.83. The second-order valence-corrected chi connectivity index (χ2v) is 6.97. The third-order valence-electron chi connectivity index (χ3n) is 3.56. The van der Waals surface area contributed by atoms with Crippen molar-refractivity contribution in [2.24, 2.45) is 0 Å². The Morgan fingerprint density at radius 3 is 1.59 bits per heavy atom. The summed E-state index contributed by atoms with van der Waals surface area (Å²) in [5.41, 5.74) is 1.30. The summed E-state index contributed by atoms with van der Waals surface area (Å²) in [4.78, 5) is 0. The summed E-state index contributed by atoms with van der Waals surface area (Å²) in [7, 11) is 2.73. The average Bonchev–Trinajstić information content (AvgIpc) is 3.10. The maximum Gasteiger partial charge on any atom is 0.126 e. The molecule has 0 saturated heterocycles. The van der Waals surface area contributed by atoms with E-state index in [1.807, 2.05) is 24.3 Å². The number of para-hydroxylation sites is 2. The van der Waals surface area contributed by atoms with Crippen molar-refractivity contribution in [2.75, 3.05) is 14.2 Å². The fraction of sp³-hybridized carbons (Fsp3) is 0.105. The molecule has 0 atom stereocenters. The Kier molecular flexibility index (Phi) is 5.00. The van der Waals surface area contributed by atoms with E-state index in [1.54, 1.807) is 14.2 Å². The molecule has 0 aliphatic heterocycles. The smallest absolute Gasteiger partial charge is 0.126 e. The van der Waals surface area contributed by atoms with E-state index in [4.69, 9.17) is 9.47 Å². The van der Waals surface area contributed by atoms with E-state index in [2.05, 4.69) is 49.9 Å². The zero-order chi connectivity index (χ0) is 15.4. The number of benzene rings is 2. The van der Waals surface area contributed by atoms with Gasteiger partial charge in [-0.3, -0.25) is 0 Å². The molecule has 22 heavy (non-hydrogen) atoms. The lowest BCUT2D eigenvalue weighted by Gasteiger charge is -2.27. The van der Waals surface area contributed by atoms with Gasteiger partial charge in [0.15, 0.2) is 0 Å². The fourth-order valence-electron chi connectivity index (χ4n) is 2.55. The van der Waals surface area contributed by atoms with Crippen LogP contribution < -0.4 is 20.1 Å². The van der Waals surface area contributed by atoms with Gasteiger partial charge in [-0.2, -0.15) is 0 Å². The maximum absolute atomic E-state index is 5.59. The lowest BCUT2D eigenvalue weighted by Crippen LogP contribution is -2.19. The van der Waals surface area contributed by atoms with Crippen LogP contribution in [-0.2, 0) is 0 Å². The van der Waals surface area contributed by atoms with Gasteiger partial charge in [0.25, 0.3) is 0 Å². The first-order valence-electron chi connectivity index (χ1n) is 7.13. The monoisotopic (exact) mass is 309 g/mol. The van der Waals surface area contributed by atoms with Crippen LogP contribution in [0.3, 0.4) is 0 Å². The number of ether oxygens (including phenoxy) is 2. The second kappa shape index (κ2) is 7.15. The molecule has 0 unspecified atom stereocenters. The largest absolute Gasteiger partial charge is 0.496 e. The number of hydrogen-bond donors (Lipinski definition) is 0. The summed E-state index contributed by atoms with van der Waals surface area (Å²) >= 11 is 0. The lowest BCUT2D eigenvalue weighted by atomic mass is 10.3. The standard InChI is InChI=1S/C19H18O2P/c1-20-16-11-5-7-13-18(16)22(15-9-3-4-10-15)19-14-8-6-12-17(19)21-2/h3-14H,1-2H3. The Morgan fingerprint density at radius 1 is 0.682 bits per heavy atom. The Balaban J connectivity index is 2.11. The molecule has 0 heterocycles. The van der Waals surface area contributed by atoms with E-state index >= 15 is 0 Å². The number of methoxy groups -OCH3 is 2. The average molecular weight is 309 g/mol. The van der Waals surface area contributed by atoms with Crippen LogP contribution >= 0.6 is 7.92 Å². The van der Waals surface area contributed by atoms with Gasteiger partial charge in [0.1, 0.15) is 11.5 Å². The van der Waals surface area contributed by atoms with Gasteiger partial charge in [-0.25, -0.2) is 0 Å². The Bertz CT molecular complexity index is 573. The van der Waals surface area contributed by atoms with E-state index in [9.17, 15) is 0 Å². The Morgan fingerprint density at radius 2 is 1.14 bits per heavy atom. The summed E-state index contributed by atoms with van der Waals surface area (Å²) < 4.78 is 11.2. The first-order chi connectivity index (χ1) is 10.8. The van der Waals surface area contributed by atoms with Crippen LogP contribution in [0.2, 0.25) is 0 Å². The van der Waals surface area contributed by atoms with E-state index in [1.165, 1.54) is 16.3 Å². The van der Waals surface area contributed by atoms with Crippen molar-refractivity contribution in [2.45, 2.75) is 0 Å². The van der Waals surface area contributed by atoms with Crippen molar-refractivity contribution in [1.29, 1.82) is 0 Å². The van der Waals surface area contributed by atoms with Gasteiger partial charge in [0.05, 0.1) is 14.2 Å². The third-order valence-corrected chi connectivity index (χ3v) is 6.07. The van der Waals surface area contributed by atoms with Crippen molar-refractivity contribution in [3.63, 3.8) is 0 Å². The van der Waals surface area contributed by atoms with Crippen LogP contribution in [0.15, 0.2) is 48.5 Å². The lowest BCUT2D eigenvalue weighted by molar-refractivity contribution is 0.417. The fourth-order valence-corrected chi connectivity index (χ4v) is 5.08. The third kappa shape index (κ3) is 2.98. The minimum atomic E-state index is -0.712. The van der Waals surface area contributed by atoms with Gasteiger partial charge in [-0.05, 0) is 45.7 Å². The van der Waals surface area contributed by atoms with Crippen molar-refractivity contribution in [3.8, 4) is 11.5 Å². The van der Waals surface area contributed by atoms with E-state index < -0.39 is 7.92 Å². The molecule has 111 valence electrons. The van der Waals surface area contributed by atoms with Crippen molar-refractivity contribution >= 4 is 18.5 Å². The Hall–Kier alpha value is -1.53. The molecule has 2 nitrogen and oxygen atoms in total.